The lowest BCUT2D eigenvalue weighted by Gasteiger charge is -2.18. The van der Waals surface area contributed by atoms with Crippen LogP contribution < -0.4 is 15.5 Å². The maximum atomic E-state index is 13.2. The Morgan fingerprint density at radius 2 is 1.56 bits per heavy atom. The van der Waals surface area contributed by atoms with E-state index in [0.29, 0.717) is 34.0 Å². The van der Waals surface area contributed by atoms with Gasteiger partial charge in [0, 0.05) is 5.56 Å². The summed E-state index contributed by atoms with van der Waals surface area (Å²) in [5, 5.41) is 7.43. The van der Waals surface area contributed by atoms with Crippen molar-refractivity contribution in [1.82, 2.24) is 9.78 Å². The Labute approximate surface area is 186 Å². The number of methoxy groups -OCH3 is 1. The van der Waals surface area contributed by atoms with Crippen molar-refractivity contribution < 1.29 is 9.53 Å². The van der Waals surface area contributed by atoms with E-state index in [0.717, 1.165) is 11.3 Å². The van der Waals surface area contributed by atoms with E-state index in [1.165, 1.54) is 0 Å². The number of hydrogen-bond donors (Lipinski definition) is 1. The van der Waals surface area contributed by atoms with E-state index < -0.39 is 0 Å². The molecule has 4 rings (SSSR count). The summed E-state index contributed by atoms with van der Waals surface area (Å²) in [7, 11) is 1.58. The number of rotatable bonds is 5. The van der Waals surface area contributed by atoms with Gasteiger partial charge < -0.3 is 10.1 Å². The van der Waals surface area contributed by atoms with Gasteiger partial charge in [0.2, 0.25) is 5.43 Å². The monoisotopic (exact) mass is 425 g/mol. The molecular weight excluding hydrogens is 402 g/mol. The van der Waals surface area contributed by atoms with Crippen LogP contribution in [-0.2, 0) is 0 Å². The Hall–Kier alpha value is -4.19. The molecule has 1 amide bonds. The van der Waals surface area contributed by atoms with Crippen molar-refractivity contribution in [3.05, 3.63) is 106 Å². The third-order valence-corrected chi connectivity index (χ3v) is 5.18. The molecule has 0 aliphatic carbocycles. The quantitative estimate of drug-likeness (QED) is 0.500. The molecule has 32 heavy (non-hydrogen) atoms. The largest absolute Gasteiger partial charge is 0.497 e. The fourth-order valence-electron chi connectivity index (χ4n) is 3.42. The predicted octanol–water partition coefficient (Wildman–Crippen LogP) is 4.78. The van der Waals surface area contributed by atoms with Crippen molar-refractivity contribution in [2.24, 2.45) is 0 Å². The predicted molar refractivity (Wildman–Crippen MR) is 126 cm³/mol. The summed E-state index contributed by atoms with van der Waals surface area (Å²) in [6.45, 7) is 3.63. The second-order valence-corrected chi connectivity index (χ2v) is 7.43. The van der Waals surface area contributed by atoms with E-state index in [2.05, 4.69) is 10.4 Å². The van der Waals surface area contributed by atoms with Crippen LogP contribution in [0.4, 0.5) is 5.82 Å². The fourth-order valence-corrected chi connectivity index (χ4v) is 3.42. The van der Waals surface area contributed by atoms with Gasteiger partial charge in [0.15, 0.2) is 0 Å². The first-order valence-corrected chi connectivity index (χ1v) is 10.2. The second kappa shape index (κ2) is 8.89. The van der Waals surface area contributed by atoms with Gasteiger partial charge in [-0.2, -0.15) is 5.10 Å². The number of nitrogens with zero attached hydrogens (tertiary/aromatic N) is 2. The highest BCUT2D eigenvalue weighted by atomic mass is 16.5. The number of ether oxygens (including phenoxy) is 1. The minimum Gasteiger partial charge on any atom is -0.497 e. The molecule has 0 saturated heterocycles. The first-order chi connectivity index (χ1) is 15.5. The SMILES string of the molecule is COc1ccc(-c2c(NC(=O)c3ccc(C)cc3)n(-c3ccccc3)nc(C)c2=O)cc1. The highest BCUT2D eigenvalue weighted by Crippen LogP contribution is 2.29. The van der Waals surface area contributed by atoms with Crippen molar-refractivity contribution in [3.8, 4) is 22.6 Å². The molecule has 0 aliphatic heterocycles. The molecule has 4 aromatic rings. The van der Waals surface area contributed by atoms with E-state index in [-0.39, 0.29) is 11.3 Å². The van der Waals surface area contributed by atoms with Crippen molar-refractivity contribution in [2.75, 3.05) is 12.4 Å². The lowest BCUT2D eigenvalue weighted by atomic mass is 10.0. The summed E-state index contributed by atoms with van der Waals surface area (Å²) >= 11 is 0. The van der Waals surface area contributed by atoms with Gasteiger partial charge in [-0.3, -0.25) is 9.59 Å². The standard InChI is InChI=1S/C26H23N3O3/c1-17-9-11-20(12-10-17)26(31)27-25-23(19-13-15-22(32-3)16-14-19)24(30)18(2)28-29(25)21-7-5-4-6-8-21/h4-16H,1-3H3,(H,27,31). The zero-order valence-corrected chi connectivity index (χ0v) is 18.1. The number of carbonyl (C=O) groups is 1. The Morgan fingerprint density at radius 3 is 2.19 bits per heavy atom. The Morgan fingerprint density at radius 1 is 0.906 bits per heavy atom. The number of hydrogen-bond acceptors (Lipinski definition) is 4. The van der Waals surface area contributed by atoms with Gasteiger partial charge >= 0.3 is 0 Å². The number of benzene rings is 3. The third kappa shape index (κ3) is 4.16. The van der Waals surface area contributed by atoms with Crippen LogP contribution in [0.3, 0.4) is 0 Å². The molecule has 6 heteroatoms. The average molecular weight is 425 g/mol. The number of aryl methyl sites for hydroxylation is 2. The van der Waals surface area contributed by atoms with Crippen LogP contribution in [0, 0.1) is 13.8 Å². The first kappa shape index (κ1) is 21.1. The number of para-hydroxylation sites is 1. The number of anilines is 1. The molecule has 0 atom stereocenters. The van der Waals surface area contributed by atoms with E-state index in [9.17, 15) is 9.59 Å². The summed E-state index contributed by atoms with van der Waals surface area (Å²) in [6.07, 6.45) is 0. The lowest BCUT2D eigenvalue weighted by molar-refractivity contribution is 0.102. The maximum Gasteiger partial charge on any atom is 0.256 e. The Kier molecular flexibility index (Phi) is 5.85. The summed E-state index contributed by atoms with van der Waals surface area (Å²) in [5.74, 6) is 0.658. The summed E-state index contributed by atoms with van der Waals surface area (Å²) in [4.78, 5) is 26.3. The van der Waals surface area contributed by atoms with Gasteiger partial charge in [-0.15, -0.1) is 0 Å². The van der Waals surface area contributed by atoms with E-state index in [1.54, 1.807) is 55.1 Å². The molecule has 160 valence electrons. The van der Waals surface area contributed by atoms with Gasteiger partial charge in [-0.05, 0) is 55.8 Å². The minimum absolute atomic E-state index is 0.249. The summed E-state index contributed by atoms with van der Waals surface area (Å²) < 4.78 is 6.85. The highest BCUT2D eigenvalue weighted by molar-refractivity contribution is 6.05. The molecule has 0 saturated carbocycles. The highest BCUT2D eigenvalue weighted by Gasteiger charge is 2.21. The molecule has 0 bridgehead atoms. The Balaban J connectivity index is 1.93. The molecular formula is C26H23N3O3. The van der Waals surface area contributed by atoms with Crippen LogP contribution in [0.25, 0.3) is 16.8 Å². The Bertz CT molecular complexity index is 1310. The van der Waals surface area contributed by atoms with E-state index in [4.69, 9.17) is 4.74 Å². The van der Waals surface area contributed by atoms with Crippen LogP contribution in [0.15, 0.2) is 83.7 Å². The molecule has 1 N–H and O–H groups in total. The van der Waals surface area contributed by atoms with Crippen LogP contribution >= 0.6 is 0 Å². The maximum absolute atomic E-state index is 13.2. The lowest BCUT2D eigenvalue weighted by Crippen LogP contribution is -2.24. The molecule has 0 spiro atoms. The number of carbonyl (C=O) groups excluding carboxylic acids is 1. The van der Waals surface area contributed by atoms with Gasteiger partial charge in [0.25, 0.3) is 5.91 Å². The smallest absolute Gasteiger partial charge is 0.256 e. The van der Waals surface area contributed by atoms with Gasteiger partial charge in [0.05, 0.1) is 18.4 Å². The summed E-state index contributed by atoms with van der Waals surface area (Å²) in [6, 6.07) is 23.8. The van der Waals surface area contributed by atoms with Crippen LogP contribution in [0.2, 0.25) is 0 Å². The number of aromatic nitrogens is 2. The molecule has 1 heterocycles. The van der Waals surface area contributed by atoms with E-state index in [1.807, 2.05) is 49.4 Å². The topological polar surface area (TPSA) is 73.2 Å². The second-order valence-electron chi connectivity index (χ2n) is 7.43. The summed E-state index contributed by atoms with van der Waals surface area (Å²) in [5.41, 5.74) is 3.37. The van der Waals surface area contributed by atoms with Crippen LogP contribution in [0.5, 0.6) is 5.75 Å². The zero-order valence-electron chi connectivity index (χ0n) is 18.1. The van der Waals surface area contributed by atoms with Crippen molar-refractivity contribution in [1.29, 1.82) is 0 Å². The molecule has 0 radical (unpaired) electrons. The van der Waals surface area contributed by atoms with Crippen molar-refractivity contribution in [3.63, 3.8) is 0 Å². The zero-order chi connectivity index (χ0) is 22.7. The van der Waals surface area contributed by atoms with Crippen LogP contribution in [-0.4, -0.2) is 22.8 Å². The normalized spacial score (nSPS) is 10.6. The van der Waals surface area contributed by atoms with Crippen molar-refractivity contribution >= 4 is 11.7 Å². The molecule has 1 aromatic heterocycles. The van der Waals surface area contributed by atoms with E-state index >= 15 is 0 Å². The van der Waals surface area contributed by atoms with Gasteiger partial charge in [-0.1, -0.05) is 48.0 Å². The third-order valence-electron chi connectivity index (χ3n) is 5.18. The van der Waals surface area contributed by atoms with Crippen molar-refractivity contribution in [2.45, 2.75) is 13.8 Å². The molecule has 0 fully saturated rings. The van der Waals surface area contributed by atoms with Gasteiger partial charge in [0.1, 0.15) is 17.3 Å². The fraction of sp³-hybridized carbons (Fsp3) is 0.115. The van der Waals surface area contributed by atoms with Crippen LogP contribution in [0.1, 0.15) is 21.6 Å². The molecule has 3 aromatic carbocycles. The molecule has 0 unspecified atom stereocenters. The first-order valence-electron chi connectivity index (χ1n) is 10.2. The minimum atomic E-state index is -0.325. The average Bonchev–Trinajstić information content (AvgIpc) is 2.82. The molecule has 6 nitrogen and oxygen atoms in total. The number of amides is 1. The molecule has 0 aliphatic rings. The number of nitrogens with one attached hydrogen (secondary N) is 1. The van der Waals surface area contributed by atoms with Gasteiger partial charge in [-0.25, -0.2) is 4.68 Å².